The van der Waals surface area contributed by atoms with Crippen molar-refractivity contribution in [3.63, 3.8) is 0 Å². The molecule has 0 aliphatic carbocycles. The summed E-state index contributed by atoms with van der Waals surface area (Å²) in [5, 5.41) is 0. The summed E-state index contributed by atoms with van der Waals surface area (Å²) < 4.78 is 0. The average molecular weight is 295 g/mol. The van der Waals surface area contributed by atoms with Crippen LogP contribution in [0.3, 0.4) is 0 Å². The second kappa shape index (κ2) is 5.49. The normalized spacial score (nSPS) is 25.2. The van der Waals surface area contributed by atoms with Gasteiger partial charge in [-0.2, -0.15) is 0 Å². The fourth-order valence-corrected chi connectivity index (χ4v) is 3.00. The Balaban J connectivity index is 3.12. The molecule has 122 valence electrons. The summed E-state index contributed by atoms with van der Waals surface area (Å²) in [7, 11) is 0. The molecule has 0 aromatic rings. The van der Waals surface area contributed by atoms with Crippen molar-refractivity contribution in [3.05, 3.63) is 0 Å². The highest BCUT2D eigenvalue weighted by Gasteiger charge is 2.48. The van der Waals surface area contributed by atoms with Crippen LogP contribution in [0.25, 0.3) is 0 Å². The maximum absolute atomic E-state index is 12.8. The number of rotatable bonds is 2. The topological polar surface area (TPSA) is 37.4 Å². The maximum atomic E-state index is 12.8. The van der Waals surface area contributed by atoms with Crippen molar-refractivity contribution in [2.75, 3.05) is 13.1 Å². The lowest BCUT2D eigenvalue weighted by Gasteiger charge is -2.32. The lowest BCUT2D eigenvalue weighted by atomic mass is 9.73. The number of nitrogens with zero attached hydrogens (tertiary/aromatic N) is 1. The van der Waals surface area contributed by atoms with Gasteiger partial charge in [-0.15, -0.1) is 0 Å². The number of carbonyl (C=O) groups is 2. The fraction of sp³-hybridized carbons (Fsp3) is 0.889. The summed E-state index contributed by atoms with van der Waals surface area (Å²) in [6.07, 6.45) is 0. The Kier molecular flexibility index (Phi) is 4.80. The van der Waals surface area contributed by atoms with Crippen molar-refractivity contribution >= 4 is 11.6 Å². The van der Waals surface area contributed by atoms with Gasteiger partial charge in [0.1, 0.15) is 11.6 Å². The zero-order valence-corrected chi connectivity index (χ0v) is 15.3. The molecule has 0 saturated carbocycles. The van der Waals surface area contributed by atoms with Crippen LogP contribution in [0.4, 0.5) is 0 Å². The first-order valence-corrected chi connectivity index (χ1v) is 7.99. The molecule has 1 aliphatic rings. The van der Waals surface area contributed by atoms with Crippen molar-refractivity contribution < 1.29 is 9.59 Å². The van der Waals surface area contributed by atoms with Gasteiger partial charge < -0.3 is 0 Å². The first-order valence-electron chi connectivity index (χ1n) is 7.99. The Labute approximate surface area is 130 Å². The van der Waals surface area contributed by atoms with Crippen LogP contribution in [0.1, 0.15) is 62.3 Å². The molecule has 0 N–H and O–H groups in total. The number of likely N-dealkylation sites (tertiary alicyclic amines) is 1. The van der Waals surface area contributed by atoms with Gasteiger partial charge in [-0.3, -0.25) is 14.5 Å². The minimum atomic E-state index is -0.394. The molecule has 3 nitrogen and oxygen atoms in total. The van der Waals surface area contributed by atoms with E-state index in [4.69, 9.17) is 0 Å². The molecule has 0 radical (unpaired) electrons. The smallest absolute Gasteiger partial charge is 0.143 e. The maximum Gasteiger partial charge on any atom is 0.143 e. The second-order valence-corrected chi connectivity index (χ2v) is 9.52. The van der Waals surface area contributed by atoms with Gasteiger partial charge in [0, 0.05) is 41.3 Å². The fourth-order valence-electron chi connectivity index (χ4n) is 3.00. The molecule has 1 unspecified atom stereocenters. The van der Waals surface area contributed by atoms with Crippen molar-refractivity contribution in [1.82, 2.24) is 4.90 Å². The number of ketones is 2. The third kappa shape index (κ3) is 4.15. The predicted octanol–water partition coefficient (Wildman–Crippen LogP) is 3.56. The van der Waals surface area contributed by atoms with Gasteiger partial charge in [-0.25, -0.2) is 0 Å². The summed E-state index contributed by atoms with van der Waals surface area (Å²) in [4.78, 5) is 27.9. The van der Waals surface area contributed by atoms with E-state index in [0.29, 0.717) is 13.1 Å². The Bertz CT molecular complexity index is 384. The molecule has 0 aromatic heterocycles. The standard InChI is InChI=1S/C18H33NO2/c1-16(2,3)14(20)12-10-19(18(7,8)9)11-13(12)15(21)17(4,5)6/h12-13H,10-11H2,1-9H3/t12-,13?/m1/s1. The van der Waals surface area contributed by atoms with Gasteiger partial charge >= 0.3 is 0 Å². The molecular formula is C18H33NO2. The van der Waals surface area contributed by atoms with E-state index < -0.39 is 10.8 Å². The summed E-state index contributed by atoms with van der Waals surface area (Å²) >= 11 is 0. The highest BCUT2D eigenvalue weighted by atomic mass is 16.1. The van der Waals surface area contributed by atoms with E-state index in [0.717, 1.165) is 0 Å². The first-order chi connectivity index (χ1) is 9.15. The Morgan fingerprint density at radius 3 is 1.19 bits per heavy atom. The Morgan fingerprint density at radius 2 is 1.00 bits per heavy atom. The van der Waals surface area contributed by atoms with Gasteiger partial charge in [0.25, 0.3) is 0 Å². The minimum absolute atomic E-state index is 0.0106. The van der Waals surface area contributed by atoms with Crippen LogP contribution in [0.15, 0.2) is 0 Å². The summed E-state index contributed by atoms with van der Waals surface area (Å²) in [6, 6.07) is 0. The molecule has 1 rings (SSSR count). The molecule has 1 aliphatic heterocycles. The molecule has 0 aromatic carbocycles. The summed E-state index contributed by atoms with van der Waals surface area (Å²) in [5.41, 5.74) is -0.798. The SMILES string of the molecule is CC(C)(C)C(=O)C1CN(C(C)(C)C)C[C@H]1C(=O)C(C)(C)C. The monoisotopic (exact) mass is 295 g/mol. The third-order valence-corrected chi connectivity index (χ3v) is 4.42. The lowest BCUT2D eigenvalue weighted by Crippen LogP contribution is -2.40. The van der Waals surface area contributed by atoms with Gasteiger partial charge in [0.15, 0.2) is 0 Å². The van der Waals surface area contributed by atoms with Crippen molar-refractivity contribution in [2.24, 2.45) is 22.7 Å². The van der Waals surface area contributed by atoms with Crippen LogP contribution >= 0.6 is 0 Å². The van der Waals surface area contributed by atoms with Crippen LogP contribution < -0.4 is 0 Å². The molecule has 1 saturated heterocycles. The van der Waals surface area contributed by atoms with E-state index in [1.165, 1.54) is 0 Å². The lowest BCUT2D eigenvalue weighted by molar-refractivity contribution is -0.138. The van der Waals surface area contributed by atoms with Crippen LogP contribution in [-0.2, 0) is 9.59 Å². The van der Waals surface area contributed by atoms with Crippen molar-refractivity contribution in [1.29, 1.82) is 0 Å². The molecule has 3 heteroatoms. The van der Waals surface area contributed by atoms with Crippen LogP contribution in [0.5, 0.6) is 0 Å². The van der Waals surface area contributed by atoms with Gasteiger partial charge in [0.2, 0.25) is 0 Å². The molecule has 21 heavy (non-hydrogen) atoms. The van der Waals surface area contributed by atoms with E-state index in [-0.39, 0.29) is 28.9 Å². The highest BCUT2D eigenvalue weighted by molar-refractivity contribution is 5.95. The second-order valence-electron chi connectivity index (χ2n) is 9.52. The van der Waals surface area contributed by atoms with E-state index in [1.54, 1.807) is 0 Å². The zero-order valence-electron chi connectivity index (χ0n) is 15.3. The van der Waals surface area contributed by atoms with Gasteiger partial charge in [-0.1, -0.05) is 41.5 Å². The predicted molar refractivity (Wildman–Crippen MR) is 87.2 cm³/mol. The number of carbonyl (C=O) groups excluding carboxylic acids is 2. The van der Waals surface area contributed by atoms with E-state index in [9.17, 15) is 9.59 Å². The van der Waals surface area contributed by atoms with Gasteiger partial charge in [-0.05, 0) is 20.8 Å². The number of hydrogen-bond acceptors (Lipinski definition) is 3. The third-order valence-electron chi connectivity index (χ3n) is 4.42. The average Bonchev–Trinajstić information content (AvgIpc) is 2.68. The largest absolute Gasteiger partial charge is 0.299 e. The highest BCUT2D eigenvalue weighted by Crippen LogP contribution is 2.38. The summed E-state index contributed by atoms with van der Waals surface area (Å²) in [5.74, 6) is 0.0978. The van der Waals surface area contributed by atoms with Crippen LogP contribution in [0, 0.1) is 22.7 Å². The quantitative estimate of drug-likeness (QED) is 0.781. The Morgan fingerprint density at radius 1 is 0.714 bits per heavy atom. The van der Waals surface area contributed by atoms with E-state index >= 15 is 0 Å². The number of Topliss-reactive ketones (excluding diaryl/α,β-unsaturated/α-hetero) is 2. The van der Waals surface area contributed by atoms with Crippen molar-refractivity contribution in [3.8, 4) is 0 Å². The molecule has 1 heterocycles. The molecule has 1 fully saturated rings. The van der Waals surface area contributed by atoms with Crippen LogP contribution in [0.2, 0.25) is 0 Å². The summed E-state index contributed by atoms with van der Waals surface area (Å²) in [6.45, 7) is 19.6. The molecule has 0 amide bonds. The Hall–Kier alpha value is -0.700. The minimum Gasteiger partial charge on any atom is -0.299 e. The van der Waals surface area contributed by atoms with E-state index in [2.05, 4.69) is 25.7 Å². The van der Waals surface area contributed by atoms with Crippen LogP contribution in [-0.4, -0.2) is 35.1 Å². The van der Waals surface area contributed by atoms with E-state index in [1.807, 2.05) is 41.5 Å². The van der Waals surface area contributed by atoms with Crippen molar-refractivity contribution in [2.45, 2.75) is 67.9 Å². The zero-order chi connectivity index (χ0) is 16.8. The molecule has 0 spiro atoms. The molecule has 2 atom stereocenters. The number of hydrogen-bond donors (Lipinski definition) is 0. The molecule has 0 bridgehead atoms. The first kappa shape index (κ1) is 18.3. The molecular weight excluding hydrogens is 262 g/mol. The van der Waals surface area contributed by atoms with Gasteiger partial charge in [0.05, 0.1) is 0 Å².